The molecule has 2 atom stereocenters. The van der Waals surface area contributed by atoms with Crippen LogP contribution in [0.1, 0.15) is 59.8 Å². The molecule has 1 rings (SSSR count). The van der Waals surface area contributed by atoms with Crippen molar-refractivity contribution >= 4 is 0 Å². The zero-order chi connectivity index (χ0) is 12.7. The normalized spacial score (nSPS) is 25.8. The van der Waals surface area contributed by atoms with Crippen molar-refractivity contribution in [3.8, 4) is 0 Å². The molecule has 2 heteroatoms. The first kappa shape index (κ1) is 15.0. The van der Waals surface area contributed by atoms with Crippen molar-refractivity contribution in [1.82, 2.24) is 10.2 Å². The summed E-state index contributed by atoms with van der Waals surface area (Å²) in [6.45, 7) is 12.9. The van der Waals surface area contributed by atoms with Gasteiger partial charge in [0.15, 0.2) is 0 Å². The molecular weight excluding hydrogens is 208 g/mol. The lowest BCUT2D eigenvalue weighted by Crippen LogP contribution is -2.41. The Morgan fingerprint density at radius 3 is 2.59 bits per heavy atom. The van der Waals surface area contributed by atoms with Crippen molar-refractivity contribution in [2.75, 3.05) is 19.6 Å². The lowest BCUT2D eigenvalue weighted by atomic mass is 9.87. The minimum absolute atomic E-state index is 0.682. The largest absolute Gasteiger partial charge is 0.313 e. The summed E-state index contributed by atoms with van der Waals surface area (Å²) in [6.07, 6.45) is 6.89. The van der Waals surface area contributed by atoms with E-state index < -0.39 is 0 Å². The minimum atomic E-state index is 0.682. The van der Waals surface area contributed by atoms with E-state index in [-0.39, 0.29) is 0 Å². The Morgan fingerprint density at radius 1 is 1.24 bits per heavy atom. The van der Waals surface area contributed by atoms with E-state index in [1.165, 1.54) is 45.2 Å². The van der Waals surface area contributed by atoms with Crippen LogP contribution in [0.15, 0.2) is 0 Å². The van der Waals surface area contributed by atoms with Crippen molar-refractivity contribution < 1.29 is 0 Å². The van der Waals surface area contributed by atoms with Gasteiger partial charge in [-0.25, -0.2) is 0 Å². The standard InChI is InChI=1S/C15H32N2/c1-5-10-17(13(2)3)11-9-16-15-8-6-7-14(4)12-15/h13-16H,5-12H2,1-4H3. The summed E-state index contributed by atoms with van der Waals surface area (Å²) in [5.74, 6) is 0.929. The van der Waals surface area contributed by atoms with E-state index in [2.05, 4.69) is 37.9 Å². The fourth-order valence-corrected chi connectivity index (χ4v) is 2.95. The fourth-order valence-electron chi connectivity index (χ4n) is 2.95. The molecule has 1 saturated carbocycles. The smallest absolute Gasteiger partial charge is 0.0110 e. The SMILES string of the molecule is CCCN(CCNC1CCCC(C)C1)C(C)C. The summed E-state index contributed by atoms with van der Waals surface area (Å²) in [4.78, 5) is 2.58. The highest BCUT2D eigenvalue weighted by Crippen LogP contribution is 2.23. The molecule has 17 heavy (non-hydrogen) atoms. The Bertz CT molecular complexity index is 191. The average Bonchev–Trinajstić information content (AvgIpc) is 2.28. The molecule has 1 fully saturated rings. The summed E-state index contributed by atoms with van der Waals surface area (Å²) in [7, 11) is 0. The predicted molar refractivity (Wildman–Crippen MR) is 76.4 cm³/mol. The van der Waals surface area contributed by atoms with E-state index in [1.54, 1.807) is 0 Å². The molecule has 1 aliphatic rings. The number of nitrogens with one attached hydrogen (secondary N) is 1. The first-order valence-electron chi connectivity index (χ1n) is 7.61. The van der Waals surface area contributed by atoms with E-state index in [9.17, 15) is 0 Å². The second-order valence-electron chi connectivity index (χ2n) is 6.05. The minimum Gasteiger partial charge on any atom is -0.313 e. The molecule has 0 aromatic heterocycles. The van der Waals surface area contributed by atoms with Crippen LogP contribution in [-0.2, 0) is 0 Å². The summed E-state index contributed by atoms with van der Waals surface area (Å²) in [6, 6.07) is 1.47. The Labute approximate surface area is 108 Å². The lowest BCUT2D eigenvalue weighted by Gasteiger charge is -2.30. The van der Waals surface area contributed by atoms with Gasteiger partial charge < -0.3 is 5.32 Å². The van der Waals surface area contributed by atoms with Crippen LogP contribution in [-0.4, -0.2) is 36.6 Å². The molecule has 0 saturated heterocycles. The van der Waals surface area contributed by atoms with Crippen LogP contribution in [0.25, 0.3) is 0 Å². The van der Waals surface area contributed by atoms with E-state index in [1.807, 2.05) is 0 Å². The molecule has 1 N–H and O–H groups in total. The Hall–Kier alpha value is -0.0800. The zero-order valence-corrected chi connectivity index (χ0v) is 12.3. The van der Waals surface area contributed by atoms with Crippen molar-refractivity contribution in [3.05, 3.63) is 0 Å². The van der Waals surface area contributed by atoms with Gasteiger partial charge in [-0.05, 0) is 45.6 Å². The predicted octanol–water partition coefficient (Wildman–Crippen LogP) is 3.28. The maximum Gasteiger partial charge on any atom is 0.0110 e. The summed E-state index contributed by atoms with van der Waals surface area (Å²) in [5.41, 5.74) is 0. The van der Waals surface area contributed by atoms with Crippen LogP contribution >= 0.6 is 0 Å². The molecule has 2 unspecified atom stereocenters. The highest BCUT2D eigenvalue weighted by Gasteiger charge is 2.18. The van der Waals surface area contributed by atoms with Crippen LogP contribution in [0.5, 0.6) is 0 Å². The third kappa shape index (κ3) is 5.87. The molecule has 1 aliphatic carbocycles. The van der Waals surface area contributed by atoms with Gasteiger partial charge >= 0.3 is 0 Å². The second kappa shape index (κ2) is 8.10. The maximum absolute atomic E-state index is 3.75. The topological polar surface area (TPSA) is 15.3 Å². The van der Waals surface area contributed by atoms with Gasteiger partial charge in [0.2, 0.25) is 0 Å². The van der Waals surface area contributed by atoms with Gasteiger partial charge in [0.25, 0.3) is 0 Å². The average molecular weight is 240 g/mol. The molecule has 0 radical (unpaired) electrons. The van der Waals surface area contributed by atoms with Gasteiger partial charge in [0.05, 0.1) is 0 Å². The number of rotatable bonds is 7. The van der Waals surface area contributed by atoms with E-state index in [0.29, 0.717) is 6.04 Å². The highest BCUT2D eigenvalue weighted by molar-refractivity contribution is 4.76. The number of hydrogen-bond donors (Lipinski definition) is 1. The Morgan fingerprint density at radius 2 is 2.00 bits per heavy atom. The number of nitrogens with zero attached hydrogens (tertiary/aromatic N) is 1. The van der Waals surface area contributed by atoms with Crippen LogP contribution < -0.4 is 5.32 Å². The van der Waals surface area contributed by atoms with Crippen molar-refractivity contribution in [2.45, 2.75) is 71.9 Å². The molecule has 0 aromatic rings. The Kier molecular flexibility index (Phi) is 7.14. The van der Waals surface area contributed by atoms with Crippen LogP contribution in [0.3, 0.4) is 0 Å². The van der Waals surface area contributed by atoms with E-state index in [0.717, 1.165) is 18.5 Å². The molecule has 0 amide bonds. The van der Waals surface area contributed by atoms with Gasteiger partial charge in [-0.1, -0.05) is 26.7 Å². The molecule has 2 nitrogen and oxygen atoms in total. The summed E-state index contributed by atoms with van der Waals surface area (Å²) >= 11 is 0. The molecule has 0 bridgehead atoms. The van der Waals surface area contributed by atoms with Gasteiger partial charge in [0.1, 0.15) is 0 Å². The van der Waals surface area contributed by atoms with Crippen LogP contribution in [0.4, 0.5) is 0 Å². The molecule has 0 heterocycles. The van der Waals surface area contributed by atoms with Crippen LogP contribution in [0, 0.1) is 5.92 Å². The lowest BCUT2D eigenvalue weighted by molar-refractivity contribution is 0.212. The third-order valence-corrected chi connectivity index (χ3v) is 4.01. The first-order valence-corrected chi connectivity index (χ1v) is 7.61. The second-order valence-corrected chi connectivity index (χ2v) is 6.05. The van der Waals surface area contributed by atoms with Crippen molar-refractivity contribution in [3.63, 3.8) is 0 Å². The maximum atomic E-state index is 3.75. The van der Waals surface area contributed by atoms with Gasteiger partial charge in [0, 0.05) is 25.2 Å². The number of hydrogen-bond acceptors (Lipinski definition) is 2. The van der Waals surface area contributed by atoms with E-state index in [4.69, 9.17) is 0 Å². The zero-order valence-electron chi connectivity index (χ0n) is 12.3. The summed E-state index contributed by atoms with van der Waals surface area (Å²) in [5, 5.41) is 3.75. The molecule has 102 valence electrons. The van der Waals surface area contributed by atoms with Gasteiger partial charge in [-0.2, -0.15) is 0 Å². The quantitative estimate of drug-likeness (QED) is 0.735. The first-order chi connectivity index (χ1) is 8.13. The van der Waals surface area contributed by atoms with Crippen molar-refractivity contribution in [1.29, 1.82) is 0 Å². The molecular formula is C15H32N2. The molecule has 0 spiro atoms. The monoisotopic (exact) mass is 240 g/mol. The van der Waals surface area contributed by atoms with Gasteiger partial charge in [-0.15, -0.1) is 0 Å². The third-order valence-electron chi connectivity index (χ3n) is 4.01. The highest BCUT2D eigenvalue weighted by atomic mass is 15.2. The molecule has 0 aliphatic heterocycles. The van der Waals surface area contributed by atoms with Crippen molar-refractivity contribution in [2.24, 2.45) is 5.92 Å². The van der Waals surface area contributed by atoms with Crippen LogP contribution in [0.2, 0.25) is 0 Å². The fraction of sp³-hybridized carbons (Fsp3) is 1.00. The van der Waals surface area contributed by atoms with Gasteiger partial charge in [-0.3, -0.25) is 4.90 Å². The summed E-state index contributed by atoms with van der Waals surface area (Å²) < 4.78 is 0. The molecule has 0 aromatic carbocycles. The Balaban J connectivity index is 2.16. The van der Waals surface area contributed by atoms with E-state index >= 15 is 0 Å².